The Balaban J connectivity index is 1.78. The third-order valence-corrected chi connectivity index (χ3v) is 7.05. The molecule has 0 aromatic carbocycles. The van der Waals surface area contributed by atoms with Gasteiger partial charge in [-0.25, -0.2) is 8.78 Å². The second-order valence-corrected chi connectivity index (χ2v) is 9.37. The van der Waals surface area contributed by atoms with E-state index in [1.165, 1.54) is 0 Å². The first-order valence-electron chi connectivity index (χ1n) is 10.8. The first-order chi connectivity index (χ1) is 16.1. The lowest BCUT2D eigenvalue weighted by atomic mass is 9.83. The molecule has 2 heterocycles. The predicted molar refractivity (Wildman–Crippen MR) is 102 cm³/mol. The number of amides is 3. The number of carbonyl (C=O) groups is 4. The molecule has 1 spiro atoms. The van der Waals surface area contributed by atoms with Crippen molar-refractivity contribution in [2.75, 3.05) is 19.7 Å². The van der Waals surface area contributed by atoms with E-state index in [1.54, 1.807) is 0 Å². The highest BCUT2D eigenvalue weighted by Crippen LogP contribution is 2.64. The molecule has 3 N–H and O–H groups in total. The van der Waals surface area contributed by atoms with Crippen LogP contribution in [0, 0.1) is 23.2 Å². The van der Waals surface area contributed by atoms with Gasteiger partial charge < -0.3 is 16.0 Å². The summed E-state index contributed by atoms with van der Waals surface area (Å²) in [7, 11) is 0. The number of hydrogen-bond donors (Lipinski definition) is 2. The van der Waals surface area contributed by atoms with E-state index in [0.29, 0.717) is 17.9 Å². The Morgan fingerprint density at radius 1 is 1.17 bits per heavy atom. The van der Waals surface area contributed by atoms with Gasteiger partial charge in [-0.05, 0) is 37.0 Å². The van der Waals surface area contributed by atoms with E-state index < -0.39 is 78.5 Å². The minimum atomic E-state index is -5.07. The van der Waals surface area contributed by atoms with Crippen LogP contribution < -0.4 is 11.1 Å². The highest BCUT2D eigenvalue weighted by molar-refractivity contribution is 5.89. The van der Waals surface area contributed by atoms with Gasteiger partial charge in [-0.15, -0.1) is 13.2 Å². The number of nitrogens with one attached hydrogen (secondary N) is 1. The normalized spacial score (nSPS) is 29.5. The van der Waals surface area contributed by atoms with Crippen molar-refractivity contribution in [3.63, 3.8) is 0 Å². The van der Waals surface area contributed by atoms with Crippen LogP contribution in [0.5, 0.6) is 0 Å². The van der Waals surface area contributed by atoms with Gasteiger partial charge in [0.05, 0.1) is 6.42 Å². The van der Waals surface area contributed by atoms with Crippen LogP contribution in [0.25, 0.3) is 0 Å². The smallest absolute Gasteiger partial charge is 0.368 e. The van der Waals surface area contributed by atoms with Gasteiger partial charge in [0.2, 0.25) is 17.7 Å². The second-order valence-electron chi connectivity index (χ2n) is 9.37. The lowest BCUT2D eigenvalue weighted by Crippen LogP contribution is -2.46. The van der Waals surface area contributed by atoms with E-state index in [9.17, 15) is 49.9 Å². The standard InChI is InChI=1S/C20H24F7N3O5/c21-17(22)19(23,24)6-14(32)30-8-18(5-12(30)15(28)33)4-11(18)10(3-9-1-2-29-16(9)34)13(31)7-35-20(25,26)27/h9-12,17H,1-8H2,(H2,28,33)(H,29,34)/t9-,10+,11?,12?,18?/m1/s1. The molecule has 35 heavy (non-hydrogen) atoms. The fourth-order valence-electron chi connectivity index (χ4n) is 5.23. The third-order valence-electron chi connectivity index (χ3n) is 7.05. The number of carbonyl (C=O) groups excluding carboxylic acids is 4. The molecule has 0 aromatic rings. The average molecular weight is 519 g/mol. The molecular formula is C20H24F7N3O5. The summed E-state index contributed by atoms with van der Waals surface area (Å²) in [6.07, 6.45) is -10.8. The van der Waals surface area contributed by atoms with Gasteiger partial charge in [0.25, 0.3) is 0 Å². The molecule has 3 amide bonds. The first kappa shape index (κ1) is 27.1. The highest BCUT2D eigenvalue weighted by Gasteiger charge is 2.65. The molecule has 2 aliphatic heterocycles. The molecule has 5 atom stereocenters. The zero-order valence-corrected chi connectivity index (χ0v) is 18.3. The number of hydrogen-bond acceptors (Lipinski definition) is 5. The van der Waals surface area contributed by atoms with Gasteiger partial charge in [0, 0.05) is 24.9 Å². The number of nitrogens with zero attached hydrogens (tertiary/aromatic N) is 1. The van der Waals surface area contributed by atoms with Crippen molar-refractivity contribution in [2.24, 2.45) is 28.9 Å². The zero-order chi connectivity index (χ0) is 26.3. The summed E-state index contributed by atoms with van der Waals surface area (Å²) in [6, 6.07) is -1.40. The Labute approximate surface area is 194 Å². The minimum absolute atomic E-state index is 0.100. The Kier molecular flexibility index (Phi) is 7.40. The van der Waals surface area contributed by atoms with Crippen molar-refractivity contribution in [1.29, 1.82) is 0 Å². The van der Waals surface area contributed by atoms with Crippen molar-refractivity contribution in [1.82, 2.24) is 10.2 Å². The van der Waals surface area contributed by atoms with E-state index in [-0.39, 0.29) is 31.7 Å². The summed E-state index contributed by atoms with van der Waals surface area (Å²) in [5.74, 6) is -10.9. The van der Waals surface area contributed by atoms with Crippen LogP contribution in [0.1, 0.15) is 32.1 Å². The van der Waals surface area contributed by atoms with Crippen LogP contribution in [0.2, 0.25) is 0 Å². The van der Waals surface area contributed by atoms with E-state index in [4.69, 9.17) is 5.73 Å². The van der Waals surface area contributed by atoms with Crippen LogP contribution in [0.4, 0.5) is 30.7 Å². The lowest BCUT2D eigenvalue weighted by Gasteiger charge is -2.25. The largest absolute Gasteiger partial charge is 0.522 e. The SMILES string of the molecule is NC(=O)C1CC2(CC2[C@H](C[C@H]2CCNC2=O)C(=O)COC(F)(F)F)CN1C(=O)CC(F)(F)C(F)F. The molecule has 2 saturated heterocycles. The first-order valence-corrected chi connectivity index (χ1v) is 10.8. The van der Waals surface area contributed by atoms with E-state index in [0.717, 1.165) is 0 Å². The number of ether oxygens (including phenoxy) is 1. The maximum absolute atomic E-state index is 13.4. The summed E-state index contributed by atoms with van der Waals surface area (Å²) in [4.78, 5) is 49.6. The van der Waals surface area contributed by atoms with Crippen LogP contribution in [0.15, 0.2) is 0 Å². The third kappa shape index (κ3) is 6.04. The Hall–Kier alpha value is -2.45. The maximum atomic E-state index is 13.4. The van der Waals surface area contributed by atoms with Crippen molar-refractivity contribution < 1.29 is 54.6 Å². The molecule has 0 radical (unpaired) electrons. The molecule has 198 valence electrons. The molecule has 3 unspecified atom stereocenters. The summed E-state index contributed by atoms with van der Waals surface area (Å²) >= 11 is 0. The molecule has 0 aromatic heterocycles. The number of primary amides is 1. The molecular weight excluding hydrogens is 495 g/mol. The fourth-order valence-corrected chi connectivity index (χ4v) is 5.23. The summed E-state index contributed by atoms with van der Waals surface area (Å²) in [5, 5.41) is 2.56. The van der Waals surface area contributed by atoms with Crippen molar-refractivity contribution in [3.05, 3.63) is 0 Å². The van der Waals surface area contributed by atoms with Gasteiger partial charge >= 0.3 is 18.7 Å². The molecule has 1 aliphatic carbocycles. The number of ketones is 1. The fraction of sp³-hybridized carbons (Fsp3) is 0.800. The van der Waals surface area contributed by atoms with Crippen LogP contribution in [-0.2, 0) is 23.9 Å². The Morgan fingerprint density at radius 2 is 1.83 bits per heavy atom. The lowest BCUT2D eigenvalue weighted by molar-refractivity contribution is -0.321. The molecule has 1 saturated carbocycles. The number of halogens is 7. The van der Waals surface area contributed by atoms with Crippen LogP contribution in [0.3, 0.4) is 0 Å². The quantitative estimate of drug-likeness (QED) is 0.426. The number of rotatable bonds is 10. The molecule has 3 aliphatic rings. The summed E-state index contributed by atoms with van der Waals surface area (Å²) in [6.45, 7) is -1.34. The van der Waals surface area contributed by atoms with E-state index in [1.807, 2.05) is 0 Å². The van der Waals surface area contributed by atoms with Gasteiger partial charge in [-0.3, -0.25) is 23.9 Å². The maximum Gasteiger partial charge on any atom is 0.522 e. The van der Waals surface area contributed by atoms with Crippen molar-refractivity contribution >= 4 is 23.5 Å². The molecule has 8 nitrogen and oxygen atoms in total. The number of Topliss-reactive ketones (excluding diaryl/α,β-unsaturated/α-hetero) is 1. The van der Waals surface area contributed by atoms with Gasteiger partial charge in [-0.1, -0.05) is 0 Å². The summed E-state index contributed by atoms with van der Waals surface area (Å²) in [5.41, 5.74) is 4.28. The van der Waals surface area contributed by atoms with Crippen molar-refractivity contribution in [2.45, 2.75) is 56.9 Å². The van der Waals surface area contributed by atoms with Crippen LogP contribution >= 0.6 is 0 Å². The number of nitrogens with two attached hydrogens (primary N) is 1. The predicted octanol–water partition coefficient (Wildman–Crippen LogP) is 1.62. The minimum Gasteiger partial charge on any atom is -0.368 e. The van der Waals surface area contributed by atoms with E-state index in [2.05, 4.69) is 10.1 Å². The Morgan fingerprint density at radius 3 is 2.34 bits per heavy atom. The summed E-state index contributed by atoms with van der Waals surface area (Å²) < 4.78 is 93.1. The number of likely N-dealkylation sites (tertiary alicyclic amines) is 1. The van der Waals surface area contributed by atoms with Crippen LogP contribution in [-0.4, -0.2) is 72.9 Å². The average Bonchev–Trinajstić information content (AvgIpc) is 3.03. The molecule has 3 rings (SSSR count). The molecule has 0 bridgehead atoms. The highest BCUT2D eigenvalue weighted by atomic mass is 19.4. The van der Waals surface area contributed by atoms with Crippen molar-refractivity contribution in [3.8, 4) is 0 Å². The Bertz CT molecular complexity index is 884. The van der Waals surface area contributed by atoms with Gasteiger partial charge in [0.1, 0.15) is 12.6 Å². The molecule has 3 fully saturated rings. The van der Waals surface area contributed by atoms with Gasteiger partial charge in [-0.2, -0.15) is 8.78 Å². The second kappa shape index (κ2) is 9.54. The monoisotopic (exact) mass is 519 g/mol. The zero-order valence-electron chi connectivity index (χ0n) is 18.3. The number of alkyl halides is 7. The topological polar surface area (TPSA) is 119 Å². The van der Waals surface area contributed by atoms with E-state index >= 15 is 0 Å². The van der Waals surface area contributed by atoms with Gasteiger partial charge in [0.15, 0.2) is 5.78 Å². The molecule has 15 heteroatoms.